The van der Waals surface area contributed by atoms with Crippen molar-refractivity contribution in [3.63, 3.8) is 0 Å². The lowest BCUT2D eigenvalue weighted by Gasteiger charge is -2.32. The van der Waals surface area contributed by atoms with Crippen LogP contribution in [0.3, 0.4) is 0 Å². The Labute approximate surface area is 132 Å². The van der Waals surface area contributed by atoms with Crippen LogP contribution in [0.1, 0.15) is 32.6 Å². The molecule has 0 aliphatic carbocycles. The van der Waals surface area contributed by atoms with Crippen LogP contribution in [0, 0.1) is 5.92 Å². The van der Waals surface area contributed by atoms with Crippen LogP contribution in [0.2, 0.25) is 0 Å². The minimum absolute atomic E-state index is 0.0140. The molecule has 2 atom stereocenters. The molecule has 6 heteroatoms. The van der Waals surface area contributed by atoms with Crippen molar-refractivity contribution in [3.05, 3.63) is 0 Å². The van der Waals surface area contributed by atoms with E-state index in [-0.39, 0.29) is 23.8 Å². The molecule has 22 heavy (non-hydrogen) atoms. The highest BCUT2D eigenvalue weighted by molar-refractivity contribution is 5.80. The summed E-state index contributed by atoms with van der Waals surface area (Å²) in [6, 6.07) is 0.115. The van der Waals surface area contributed by atoms with Crippen LogP contribution >= 0.6 is 0 Å². The van der Waals surface area contributed by atoms with Crippen molar-refractivity contribution in [2.75, 3.05) is 39.3 Å². The first-order valence-electron chi connectivity index (χ1n) is 8.52. The molecule has 3 heterocycles. The number of aliphatic hydroxyl groups is 1. The van der Waals surface area contributed by atoms with Gasteiger partial charge in [-0.2, -0.15) is 0 Å². The Balaban J connectivity index is 1.54. The van der Waals surface area contributed by atoms with E-state index in [2.05, 4.69) is 4.90 Å². The Hall–Kier alpha value is -1.14. The first kappa shape index (κ1) is 15.7. The molecule has 3 fully saturated rings. The van der Waals surface area contributed by atoms with E-state index >= 15 is 0 Å². The molecule has 6 nitrogen and oxygen atoms in total. The van der Waals surface area contributed by atoms with Crippen molar-refractivity contribution in [1.82, 2.24) is 14.7 Å². The number of rotatable bonds is 2. The quantitative estimate of drug-likeness (QED) is 0.774. The normalized spacial score (nSPS) is 31.0. The highest BCUT2D eigenvalue weighted by Crippen LogP contribution is 2.25. The highest BCUT2D eigenvalue weighted by Gasteiger charge is 2.40. The second-order valence-electron chi connectivity index (χ2n) is 6.90. The number of β-amino-alcohol motifs (C(OH)–C–C–N with tert-alkyl or cyclic N) is 1. The fourth-order valence-electron chi connectivity index (χ4n) is 4.08. The summed E-state index contributed by atoms with van der Waals surface area (Å²) in [5.41, 5.74) is 0. The fourth-order valence-corrected chi connectivity index (χ4v) is 4.08. The van der Waals surface area contributed by atoms with Gasteiger partial charge in [0.05, 0.1) is 12.1 Å². The molecule has 3 aliphatic rings. The van der Waals surface area contributed by atoms with Crippen molar-refractivity contribution in [2.45, 2.75) is 44.8 Å². The first-order chi connectivity index (χ1) is 10.6. The maximum Gasteiger partial charge on any atom is 0.225 e. The molecule has 124 valence electrons. The second-order valence-corrected chi connectivity index (χ2v) is 6.90. The van der Waals surface area contributed by atoms with Gasteiger partial charge in [-0.1, -0.05) is 0 Å². The van der Waals surface area contributed by atoms with Gasteiger partial charge in [-0.3, -0.25) is 14.5 Å². The molecular formula is C16H27N3O3. The molecule has 3 rings (SSSR count). The Morgan fingerprint density at radius 2 is 1.59 bits per heavy atom. The van der Waals surface area contributed by atoms with Crippen LogP contribution in [0.25, 0.3) is 0 Å². The Kier molecular flexibility index (Phi) is 4.68. The van der Waals surface area contributed by atoms with Crippen molar-refractivity contribution in [3.8, 4) is 0 Å². The number of hydrogen-bond donors (Lipinski definition) is 1. The van der Waals surface area contributed by atoms with Gasteiger partial charge in [0.1, 0.15) is 0 Å². The van der Waals surface area contributed by atoms with Gasteiger partial charge in [-0.15, -0.1) is 0 Å². The van der Waals surface area contributed by atoms with Crippen LogP contribution in [0.5, 0.6) is 0 Å². The Morgan fingerprint density at radius 3 is 2.18 bits per heavy atom. The maximum absolute atomic E-state index is 12.7. The summed E-state index contributed by atoms with van der Waals surface area (Å²) in [4.78, 5) is 30.0. The monoisotopic (exact) mass is 309 g/mol. The van der Waals surface area contributed by atoms with Crippen molar-refractivity contribution >= 4 is 11.8 Å². The molecule has 0 spiro atoms. The summed E-state index contributed by atoms with van der Waals surface area (Å²) in [5, 5.41) is 10.3. The van der Waals surface area contributed by atoms with Gasteiger partial charge in [0.15, 0.2) is 0 Å². The number of nitrogens with zero attached hydrogens (tertiary/aromatic N) is 3. The van der Waals surface area contributed by atoms with E-state index in [1.807, 2.05) is 9.80 Å². The van der Waals surface area contributed by atoms with Crippen LogP contribution in [0.4, 0.5) is 0 Å². The molecule has 2 amide bonds. The van der Waals surface area contributed by atoms with Gasteiger partial charge in [-0.05, 0) is 38.8 Å². The van der Waals surface area contributed by atoms with Gasteiger partial charge >= 0.3 is 0 Å². The number of piperidine rings is 1. The average Bonchev–Trinajstić information content (AvgIpc) is 3.15. The van der Waals surface area contributed by atoms with Crippen LogP contribution < -0.4 is 0 Å². The van der Waals surface area contributed by atoms with Gasteiger partial charge in [0.2, 0.25) is 11.8 Å². The van der Waals surface area contributed by atoms with Crippen LogP contribution in [0.15, 0.2) is 0 Å². The fraction of sp³-hybridized carbons (Fsp3) is 0.875. The lowest BCUT2D eigenvalue weighted by Crippen LogP contribution is -2.44. The summed E-state index contributed by atoms with van der Waals surface area (Å²) in [6.45, 7) is 6.15. The zero-order chi connectivity index (χ0) is 15.7. The standard InChI is InChI=1S/C16H27N3O3/c1-12(20)17-8-4-13(5-9-17)16(22)19-10-14(15(21)11-19)18-6-2-3-7-18/h13-15,21H,2-11H2,1H3/t14-,15-/m1/s1. The molecule has 0 saturated carbocycles. The lowest BCUT2D eigenvalue weighted by molar-refractivity contribution is -0.139. The summed E-state index contributed by atoms with van der Waals surface area (Å²) >= 11 is 0. The summed E-state index contributed by atoms with van der Waals surface area (Å²) in [6.07, 6.45) is 3.47. The third-order valence-electron chi connectivity index (χ3n) is 5.47. The second kappa shape index (κ2) is 6.54. The molecule has 0 unspecified atom stereocenters. The number of amides is 2. The third-order valence-corrected chi connectivity index (χ3v) is 5.47. The van der Waals surface area contributed by atoms with E-state index < -0.39 is 6.10 Å². The highest BCUT2D eigenvalue weighted by atomic mass is 16.3. The molecule has 0 bridgehead atoms. The number of carbonyl (C=O) groups is 2. The SMILES string of the molecule is CC(=O)N1CCC(C(=O)N2C[C@@H](O)[C@H](N3CCCC3)C2)CC1. The van der Waals surface area contributed by atoms with Crippen molar-refractivity contribution < 1.29 is 14.7 Å². The minimum Gasteiger partial charge on any atom is -0.390 e. The van der Waals surface area contributed by atoms with Crippen LogP contribution in [-0.2, 0) is 9.59 Å². The van der Waals surface area contributed by atoms with E-state index in [0.717, 1.165) is 25.9 Å². The van der Waals surface area contributed by atoms with Crippen molar-refractivity contribution in [2.24, 2.45) is 5.92 Å². The van der Waals surface area contributed by atoms with E-state index in [9.17, 15) is 14.7 Å². The summed E-state index contributed by atoms with van der Waals surface area (Å²) in [5.74, 6) is 0.278. The van der Waals surface area contributed by atoms with Gasteiger partial charge < -0.3 is 14.9 Å². The molecule has 0 aromatic rings. The Morgan fingerprint density at radius 1 is 0.955 bits per heavy atom. The number of likely N-dealkylation sites (tertiary alicyclic amines) is 3. The van der Waals surface area contributed by atoms with E-state index in [1.54, 1.807) is 6.92 Å². The average molecular weight is 309 g/mol. The topological polar surface area (TPSA) is 64.1 Å². The van der Waals surface area contributed by atoms with Gasteiger partial charge in [-0.25, -0.2) is 0 Å². The molecule has 0 aromatic carbocycles. The molecule has 0 aromatic heterocycles. The third kappa shape index (κ3) is 3.13. The predicted octanol–water partition coefficient (Wildman–Crippen LogP) is -0.0876. The van der Waals surface area contributed by atoms with E-state index in [1.165, 1.54) is 12.8 Å². The lowest BCUT2D eigenvalue weighted by atomic mass is 9.95. The van der Waals surface area contributed by atoms with Crippen LogP contribution in [-0.4, -0.2) is 83.0 Å². The Bertz CT molecular complexity index is 428. The molecule has 0 radical (unpaired) electrons. The van der Waals surface area contributed by atoms with Crippen molar-refractivity contribution in [1.29, 1.82) is 0 Å². The zero-order valence-electron chi connectivity index (χ0n) is 13.4. The number of carbonyl (C=O) groups excluding carboxylic acids is 2. The largest absolute Gasteiger partial charge is 0.390 e. The summed E-state index contributed by atoms with van der Waals surface area (Å²) in [7, 11) is 0. The summed E-state index contributed by atoms with van der Waals surface area (Å²) < 4.78 is 0. The van der Waals surface area contributed by atoms with Gasteiger partial charge in [0, 0.05) is 39.0 Å². The molecular weight excluding hydrogens is 282 g/mol. The zero-order valence-corrected chi connectivity index (χ0v) is 13.4. The molecule has 3 aliphatic heterocycles. The number of hydrogen-bond acceptors (Lipinski definition) is 4. The maximum atomic E-state index is 12.7. The van der Waals surface area contributed by atoms with E-state index in [4.69, 9.17) is 0 Å². The molecule has 3 saturated heterocycles. The van der Waals surface area contributed by atoms with E-state index in [0.29, 0.717) is 26.2 Å². The van der Waals surface area contributed by atoms with Gasteiger partial charge in [0.25, 0.3) is 0 Å². The smallest absolute Gasteiger partial charge is 0.225 e. The molecule has 1 N–H and O–H groups in total. The minimum atomic E-state index is -0.417. The number of aliphatic hydroxyl groups excluding tert-OH is 1. The first-order valence-corrected chi connectivity index (χ1v) is 8.52. The predicted molar refractivity (Wildman–Crippen MR) is 82.2 cm³/mol.